The Labute approximate surface area is 316 Å². The second kappa shape index (κ2) is 25.0. The quantitative estimate of drug-likeness (QED) is 0.0378. The summed E-state index contributed by atoms with van der Waals surface area (Å²) in [6.07, 6.45) is 18.9. The van der Waals surface area contributed by atoms with Gasteiger partial charge in [0.1, 0.15) is 24.7 Å². The molecule has 292 valence electrons. The van der Waals surface area contributed by atoms with Crippen LogP contribution >= 0.6 is 0 Å². The highest BCUT2D eigenvalue weighted by Gasteiger charge is 2.42. The number of aryl methyl sites for hydroxylation is 1. The van der Waals surface area contributed by atoms with Gasteiger partial charge in [-0.3, -0.25) is 19.2 Å². The topological polar surface area (TPSA) is 146 Å². The summed E-state index contributed by atoms with van der Waals surface area (Å²) < 4.78 is 22.3. The number of aliphatic hydroxyl groups is 2. The predicted molar refractivity (Wildman–Crippen MR) is 202 cm³/mol. The molecule has 0 bridgehead atoms. The molecule has 1 fully saturated rings. The maximum absolute atomic E-state index is 13.9. The predicted octanol–water partition coefficient (Wildman–Crippen LogP) is 6.44. The Morgan fingerprint density at radius 3 is 2.00 bits per heavy atom. The monoisotopic (exact) mass is 736 g/mol. The van der Waals surface area contributed by atoms with Crippen molar-refractivity contribution in [1.82, 2.24) is 0 Å². The first-order valence-electron chi connectivity index (χ1n) is 19.0. The molecule has 10 nitrogen and oxygen atoms in total. The molecular formula is C43H60O10. The van der Waals surface area contributed by atoms with Crippen LogP contribution in [0.15, 0.2) is 42.5 Å². The number of hydrogen-bond donors (Lipinski definition) is 2. The van der Waals surface area contributed by atoms with E-state index in [0.717, 1.165) is 5.56 Å². The minimum atomic E-state index is -1.49. The lowest BCUT2D eigenvalue weighted by atomic mass is 9.85. The highest BCUT2D eigenvalue weighted by atomic mass is 16.6. The largest absolute Gasteiger partial charge is 0.464 e. The van der Waals surface area contributed by atoms with Crippen LogP contribution in [-0.4, -0.2) is 71.7 Å². The zero-order valence-corrected chi connectivity index (χ0v) is 31.8. The van der Waals surface area contributed by atoms with Crippen molar-refractivity contribution in [2.75, 3.05) is 13.2 Å². The van der Waals surface area contributed by atoms with E-state index in [1.807, 2.05) is 56.3 Å². The van der Waals surface area contributed by atoms with Crippen LogP contribution in [0.1, 0.15) is 116 Å². The summed E-state index contributed by atoms with van der Waals surface area (Å²) >= 11 is 0. The van der Waals surface area contributed by atoms with E-state index < -0.39 is 41.6 Å². The average Bonchev–Trinajstić information content (AvgIpc) is 3.40. The van der Waals surface area contributed by atoms with Gasteiger partial charge in [0.15, 0.2) is 0 Å². The van der Waals surface area contributed by atoms with Gasteiger partial charge >= 0.3 is 23.9 Å². The lowest BCUT2D eigenvalue weighted by molar-refractivity contribution is -0.174. The smallest absolute Gasteiger partial charge is 0.319 e. The second-order valence-corrected chi connectivity index (χ2v) is 14.5. The van der Waals surface area contributed by atoms with Gasteiger partial charge < -0.3 is 29.2 Å². The lowest BCUT2D eigenvalue weighted by Crippen LogP contribution is -2.42. The van der Waals surface area contributed by atoms with Gasteiger partial charge in [-0.25, -0.2) is 0 Å². The normalized spacial score (nSPS) is 18.9. The fraction of sp³-hybridized carbons (Fsp3) is 0.628. The van der Waals surface area contributed by atoms with E-state index in [2.05, 4.69) is 11.8 Å². The Balaban J connectivity index is 2.15. The molecule has 1 aromatic carbocycles. The number of benzene rings is 1. The van der Waals surface area contributed by atoms with Crippen molar-refractivity contribution in [1.29, 1.82) is 0 Å². The molecule has 1 saturated carbocycles. The molecule has 1 aliphatic rings. The van der Waals surface area contributed by atoms with E-state index in [4.69, 9.17) is 31.8 Å². The Morgan fingerprint density at radius 1 is 0.830 bits per heavy atom. The second-order valence-electron chi connectivity index (χ2n) is 14.5. The molecule has 0 amide bonds. The summed E-state index contributed by atoms with van der Waals surface area (Å²) in [5.74, 6) is 2.59. The van der Waals surface area contributed by atoms with Crippen molar-refractivity contribution in [2.24, 2.45) is 17.3 Å². The molecule has 0 spiro atoms. The van der Waals surface area contributed by atoms with Gasteiger partial charge in [-0.15, -0.1) is 24.7 Å². The number of esters is 4. The van der Waals surface area contributed by atoms with E-state index >= 15 is 0 Å². The summed E-state index contributed by atoms with van der Waals surface area (Å²) in [5, 5.41) is 21.8. The van der Waals surface area contributed by atoms with Gasteiger partial charge in [0.25, 0.3) is 0 Å². The van der Waals surface area contributed by atoms with E-state index in [0.29, 0.717) is 77.0 Å². The molecule has 0 aromatic heterocycles. The third kappa shape index (κ3) is 18.0. The maximum Gasteiger partial charge on any atom is 0.319 e. The van der Waals surface area contributed by atoms with E-state index in [1.54, 1.807) is 6.92 Å². The number of aliphatic hydroxyl groups excluding tert-OH is 2. The number of rotatable bonds is 25. The number of carbonyl (C=O) groups is 4. The molecule has 0 aliphatic heterocycles. The first-order chi connectivity index (χ1) is 25.4. The highest BCUT2D eigenvalue weighted by molar-refractivity contribution is 5.78. The Kier molecular flexibility index (Phi) is 21.2. The van der Waals surface area contributed by atoms with Gasteiger partial charge in [0.2, 0.25) is 0 Å². The fourth-order valence-corrected chi connectivity index (χ4v) is 6.32. The van der Waals surface area contributed by atoms with Gasteiger partial charge in [0.05, 0.1) is 18.3 Å². The SMILES string of the molecule is C#CCCCC(=O)OCC(C)(COC(=O)CCCC#C)C(=O)O[C@@H](CCc1ccccc1)CC[C@@H]1[C@@H](C/C=C\CCCC(=O)OC(C)C)[C@@H](O)C[C@H]1O. The van der Waals surface area contributed by atoms with Crippen LogP contribution in [0, 0.1) is 41.9 Å². The summed E-state index contributed by atoms with van der Waals surface area (Å²) in [6.45, 7) is 4.46. The van der Waals surface area contributed by atoms with E-state index in [9.17, 15) is 29.4 Å². The average molecular weight is 737 g/mol. The van der Waals surface area contributed by atoms with Crippen molar-refractivity contribution >= 4 is 23.9 Å². The Bertz CT molecular complexity index is 1340. The van der Waals surface area contributed by atoms with E-state index in [-0.39, 0.29) is 56.4 Å². The van der Waals surface area contributed by atoms with Gasteiger partial charge in [-0.05, 0) is 102 Å². The Hall–Kier alpha value is -4.12. The van der Waals surface area contributed by atoms with Crippen LogP contribution in [0.3, 0.4) is 0 Å². The summed E-state index contributed by atoms with van der Waals surface area (Å²) in [7, 11) is 0. The minimum Gasteiger partial charge on any atom is -0.464 e. The molecule has 2 rings (SSSR count). The van der Waals surface area contributed by atoms with Crippen LogP contribution in [0.4, 0.5) is 0 Å². The lowest BCUT2D eigenvalue weighted by Gasteiger charge is -2.30. The standard InChI is InChI=1S/C43H60O10/c1-6-8-13-22-39(46)50-30-43(5,31-51-40(47)23-14-9-7-2)42(49)53-34(26-25-33-19-15-12-16-20-33)27-28-36-35(37(44)29-38(36)45)21-17-10-11-18-24-41(48)52-32(3)4/h1-2,10,12,15-17,19-20,32,34-38,44-45H,8-9,11,13-14,18,21-31H2,3-5H3/b17-10-/t34-,35+,36+,37-,38+/m0/s1. The Morgan fingerprint density at radius 2 is 1.42 bits per heavy atom. The number of hydrogen-bond acceptors (Lipinski definition) is 10. The maximum atomic E-state index is 13.9. The van der Waals surface area contributed by atoms with Crippen LogP contribution in [0.5, 0.6) is 0 Å². The molecule has 2 N–H and O–H groups in total. The third-order valence-electron chi connectivity index (χ3n) is 9.41. The molecular weight excluding hydrogens is 676 g/mol. The molecule has 10 heteroatoms. The highest BCUT2D eigenvalue weighted by Crippen LogP contribution is 2.39. The molecule has 5 atom stereocenters. The number of ether oxygens (including phenoxy) is 4. The van der Waals surface area contributed by atoms with Crippen molar-refractivity contribution in [3.63, 3.8) is 0 Å². The fourth-order valence-electron chi connectivity index (χ4n) is 6.32. The number of allylic oxidation sites excluding steroid dienone is 2. The van der Waals surface area contributed by atoms with Gasteiger partial charge in [-0.2, -0.15) is 0 Å². The van der Waals surface area contributed by atoms with Gasteiger partial charge in [0, 0.05) is 32.1 Å². The number of terminal acetylenes is 2. The number of unbranched alkanes of at least 4 members (excludes halogenated alkanes) is 3. The van der Waals surface area contributed by atoms with Crippen LogP contribution in [0.25, 0.3) is 0 Å². The zero-order chi connectivity index (χ0) is 39.1. The van der Waals surface area contributed by atoms with Gasteiger partial charge in [-0.1, -0.05) is 42.5 Å². The molecule has 1 aromatic rings. The molecule has 1 aliphatic carbocycles. The first kappa shape index (κ1) is 45.0. The number of carbonyl (C=O) groups excluding carboxylic acids is 4. The van der Waals surface area contributed by atoms with Crippen molar-refractivity contribution in [2.45, 2.75) is 141 Å². The first-order valence-corrected chi connectivity index (χ1v) is 19.0. The summed E-state index contributed by atoms with van der Waals surface area (Å²) in [5.41, 5.74) is -0.425. The summed E-state index contributed by atoms with van der Waals surface area (Å²) in [4.78, 5) is 50.7. The molecule has 0 heterocycles. The minimum absolute atomic E-state index is 0.0831. The van der Waals surface area contributed by atoms with Crippen molar-refractivity contribution < 1.29 is 48.3 Å². The molecule has 0 radical (unpaired) electrons. The molecule has 0 saturated heterocycles. The molecule has 53 heavy (non-hydrogen) atoms. The third-order valence-corrected chi connectivity index (χ3v) is 9.41. The summed E-state index contributed by atoms with van der Waals surface area (Å²) in [6, 6.07) is 9.80. The van der Waals surface area contributed by atoms with Crippen LogP contribution in [0.2, 0.25) is 0 Å². The van der Waals surface area contributed by atoms with Crippen LogP contribution in [-0.2, 0) is 44.5 Å². The zero-order valence-electron chi connectivity index (χ0n) is 31.8. The van der Waals surface area contributed by atoms with Crippen molar-refractivity contribution in [3.8, 4) is 24.7 Å². The van der Waals surface area contributed by atoms with Crippen LogP contribution < -0.4 is 0 Å². The van der Waals surface area contributed by atoms with E-state index in [1.165, 1.54) is 0 Å². The van der Waals surface area contributed by atoms with Crippen molar-refractivity contribution in [3.05, 3.63) is 48.0 Å². The molecule has 0 unspecified atom stereocenters.